The van der Waals surface area contributed by atoms with Crippen molar-refractivity contribution in [2.24, 2.45) is 0 Å². The summed E-state index contributed by atoms with van der Waals surface area (Å²) in [5.41, 5.74) is 3.05. The highest BCUT2D eigenvalue weighted by Crippen LogP contribution is 2.26. The zero-order valence-electron chi connectivity index (χ0n) is 17.8. The molecule has 3 aromatic carbocycles. The molecule has 1 amide bonds. The highest BCUT2D eigenvalue weighted by Gasteiger charge is 2.21. The maximum Gasteiger partial charge on any atom is 0.245 e. The van der Waals surface area contributed by atoms with Gasteiger partial charge in [-0.2, -0.15) is 0 Å². The highest BCUT2D eigenvalue weighted by molar-refractivity contribution is 7.92. The Balaban J connectivity index is 1.77. The molecule has 6 nitrogen and oxygen atoms in total. The normalized spacial score (nSPS) is 11.1. The number of hydrogen-bond acceptors (Lipinski definition) is 4. The first-order chi connectivity index (χ1) is 14.8. The maximum absolute atomic E-state index is 12.7. The molecule has 0 spiro atoms. The van der Waals surface area contributed by atoms with E-state index in [-0.39, 0.29) is 6.54 Å². The van der Waals surface area contributed by atoms with Crippen molar-refractivity contribution in [2.45, 2.75) is 20.3 Å². The molecule has 0 radical (unpaired) electrons. The molecule has 7 heteroatoms. The second-order valence-electron chi connectivity index (χ2n) is 7.19. The number of carbonyl (C=O) groups is 1. The van der Waals surface area contributed by atoms with Crippen molar-refractivity contribution in [3.05, 3.63) is 83.9 Å². The van der Waals surface area contributed by atoms with Gasteiger partial charge in [0.2, 0.25) is 15.9 Å². The van der Waals surface area contributed by atoms with E-state index in [1.54, 1.807) is 24.3 Å². The van der Waals surface area contributed by atoms with Crippen LogP contribution in [0.15, 0.2) is 72.8 Å². The van der Waals surface area contributed by atoms with Crippen LogP contribution in [0.2, 0.25) is 0 Å². The second kappa shape index (κ2) is 9.66. The van der Waals surface area contributed by atoms with Crippen LogP contribution in [0, 0.1) is 6.92 Å². The fraction of sp³-hybridized carbons (Fsp3) is 0.208. The van der Waals surface area contributed by atoms with Crippen LogP contribution in [0.4, 0.5) is 11.4 Å². The van der Waals surface area contributed by atoms with Gasteiger partial charge in [-0.25, -0.2) is 8.42 Å². The van der Waals surface area contributed by atoms with Crippen LogP contribution < -0.4 is 14.4 Å². The summed E-state index contributed by atoms with van der Waals surface area (Å²) in [7, 11) is -3.67. The summed E-state index contributed by atoms with van der Waals surface area (Å²) in [5, 5.41) is 2.88. The molecule has 0 aromatic heterocycles. The Morgan fingerprint density at radius 1 is 0.935 bits per heavy atom. The third kappa shape index (κ3) is 5.86. The molecule has 0 unspecified atom stereocenters. The Morgan fingerprint density at radius 2 is 1.58 bits per heavy atom. The number of rotatable bonds is 8. The van der Waals surface area contributed by atoms with E-state index >= 15 is 0 Å². The quantitative estimate of drug-likeness (QED) is 0.550. The van der Waals surface area contributed by atoms with Gasteiger partial charge in [-0.3, -0.25) is 9.10 Å². The van der Waals surface area contributed by atoms with Crippen LogP contribution in [0.25, 0.3) is 0 Å². The summed E-state index contributed by atoms with van der Waals surface area (Å²) in [6.07, 6.45) is 1.84. The van der Waals surface area contributed by atoms with Crippen molar-refractivity contribution >= 4 is 27.3 Å². The van der Waals surface area contributed by atoms with Crippen molar-refractivity contribution in [1.82, 2.24) is 0 Å². The van der Waals surface area contributed by atoms with E-state index in [0.29, 0.717) is 17.2 Å². The van der Waals surface area contributed by atoms with Crippen molar-refractivity contribution in [3.63, 3.8) is 0 Å². The smallest absolute Gasteiger partial charge is 0.245 e. The minimum absolute atomic E-state index is 0.324. The van der Waals surface area contributed by atoms with Gasteiger partial charge in [-0.15, -0.1) is 0 Å². The van der Waals surface area contributed by atoms with E-state index in [4.69, 9.17) is 4.74 Å². The first-order valence-electron chi connectivity index (χ1n) is 9.97. The van der Waals surface area contributed by atoms with Gasteiger partial charge < -0.3 is 10.1 Å². The minimum Gasteiger partial charge on any atom is -0.457 e. The summed E-state index contributed by atoms with van der Waals surface area (Å²) < 4.78 is 31.6. The Bertz CT molecular complexity index is 1140. The Hall–Kier alpha value is -3.32. The largest absolute Gasteiger partial charge is 0.457 e. The fourth-order valence-electron chi connectivity index (χ4n) is 3.22. The van der Waals surface area contributed by atoms with Gasteiger partial charge in [-0.1, -0.05) is 43.3 Å². The number of nitrogens with one attached hydrogen (secondary N) is 1. The predicted octanol–water partition coefficient (Wildman–Crippen LogP) is 4.75. The molecule has 162 valence electrons. The lowest BCUT2D eigenvalue weighted by atomic mass is 10.1. The lowest BCUT2D eigenvalue weighted by Crippen LogP contribution is -2.37. The van der Waals surface area contributed by atoms with Gasteiger partial charge in [0.25, 0.3) is 0 Å². The van der Waals surface area contributed by atoms with E-state index in [9.17, 15) is 13.2 Å². The topological polar surface area (TPSA) is 75.7 Å². The fourth-order valence-corrected chi connectivity index (χ4v) is 4.07. The van der Waals surface area contributed by atoms with Crippen LogP contribution in [0.5, 0.6) is 11.5 Å². The summed E-state index contributed by atoms with van der Waals surface area (Å²) in [6, 6.07) is 21.7. The predicted molar refractivity (Wildman–Crippen MR) is 124 cm³/mol. The van der Waals surface area contributed by atoms with Crippen LogP contribution in [-0.2, 0) is 21.2 Å². The molecule has 0 bridgehead atoms. The number of para-hydroxylation sites is 2. The zero-order valence-corrected chi connectivity index (χ0v) is 18.6. The van der Waals surface area contributed by atoms with E-state index in [0.717, 1.165) is 33.8 Å². The average molecular weight is 439 g/mol. The van der Waals surface area contributed by atoms with Gasteiger partial charge in [0.05, 0.1) is 11.9 Å². The third-order valence-electron chi connectivity index (χ3n) is 4.80. The molecular weight excluding hydrogens is 412 g/mol. The maximum atomic E-state index is 12.7. The number of aryl methyl sites for hydroxylation is 2. The molecule has 1 N–H and O–H groups in total. The number of carbonyl (C=O) groups excluding carboxylic acids is 1. The first-order valence-corrected chi connectivity index (χ1v) is 11.8. The monoisotopic (exact) mass is 438 g/mol. The molecule has 0 atom stereocenters. The lowest BCUT2D eigenvalue weighted by Gasteiger charge is -2.23. The van der Waals surface area contributed by atoms with Crippen LogP contribution in [-0.4, -0.2) is 27.1 Å². The summed E-state index contributed by atoms with van der Waals surface area (Å²) in [5.74, 6) is 0.846. The van der Waals surface area contributed by atoms with Crippen molar-refractivity contribution in [1.29, 1.82) is 0 Å². The van der Waals surface area contributed by atoms with E-state index < -0.39 is 15.9 Å². The molecule has 3 aromatic rings. The van der Waals surface area contributed by atoms with Crippen molar-refractivity contribution in [2.75, 3.05) is 22.4 Å². The van der Waals surface area contributed by atoms with E-state index in [2.05, 4.69) is 5.32 Å². The molecule has 0 saturated carbocycles. The van der Waals surface area contributed by atoms with Crippen LogP contribution >= 0.6 is 0 Å². The van der Waals surface area contributed by atoms with Crippen LogP contribution in [0.1, 0.15) is 18.1 Å². The summed E-state index contributed by atoms with van der Waals surface area (Å²) in [4.78, 5) is 12.7. The number of ether oxygens (including phenoxy) is 1. The molecule has 0 aliphatic heterocycles. The molecular formula is C24H26N2O4S. The molecule has 0 aliphatic rings. The lowest BCUT2D eigenvalue weighted by molar-refractivity contribution is -0.114. The summed E-state index contributed by atoms with van der Waals surface area (Å²) in [6.45, 7) is 3.59. The van der Waals surface area contributed by atoms with Crippen molar-refractivity contribution < 1.29 is 17.9 Å². The third-order valence-corrected chi connectivity index (χ3v) is 5.94. The average Bonchev–Trinajstić information content (AvgIpc) is 2.74. The molecule has 0 saturated heterocycles. The van der Waals surface area contributed by atoms with Gasteiger partial charge in [0.15, 0.2) is 0 Å². The van der Waals surface area contributed by atoms with Gasteiger partial charge in [0.1, 0.15) is 18.0 Å². The number of hydrogen-bond donors (Lipinski definition) is 1. The van der Waals surface area contributed by atoms with E-state index in [1.165, 1.54) is 0 Å². The van der Waals surface area contributed by atoms with Gasteiger partial charge in [0, 0.05) is 5.69 Å². The highest BCUT2D eigenvalue weighted by atomic mass is 32.2. The van der Waals surface area contributed by atoms with Gasteiger partial charge in [-0.05, 0) is 60.9 Å². The molecule has 3 rings (SSSR count). The standard InChI is InChI=1S/C24H26N2O4S/c1-4-19-10-8-9-18(2)24(19)25-23(27)17-26(31(3,28)29)20-13-15-22(16-14-20)30-21-11-6-5-7-12-21/h5-16H,4,17H2,1-3H3,(H,25,27). The van der Waals surface area contributed by atoms with Crippen LogP contribution in [0.3, 0.4) is 0 Å². The van der Waals surface area contributed by atoms with Gasteiger partial charge >= 0.3 is 0 Å². The number of benzene rings is 3. The number of amides is 1. The van der Waals surface area contributed by atoms with E-state index in [1.807, 2.05) is 62.4 Å². The molecule has 0 fully saturated rings. The minimum atomic E-state index is -3.67. The number of anilines is 2. The molecule has 0 aliphatic carbocycles. The number of nitrogens with zero attached hydrogens (tertiary/aromatic N) is 1. The summed E-state index contributed by atoms with van der Waals surface area (Å²) >= 11 is 0. The Kier molecular flexibility index (Phi) is 6.97. The van der Waals surface area contributed by atoms with Crippen molar-refractivity contribution in [3.8, 4) is 11.5 Å². The molecule has 31 heavy (non-hydrogen) atoms. The number of sulfonamides is 1. The Morgan fingerprint density at radius 3 is 2.19 bits per heavy atom. The Labute approximate surface area is 183 Å². The SMILES string of the molecule is CCc1cccc(C)c1NC(=O)CN(c1ccc(Oc2ccccc2)cc1)S(C)(=O)=O. The molecule has 0 heterocycles. The zero-order chi connectivity index (χ0) is 22.4. The second-order valence-corrected chi connectivity index (χ2v) is 9.10. The first kappa shape index (κ1) is 22.4.